The van der Waals surface area contributed by atoms with Crippen molar-refractivity contribution in [1.82, 2.24) is 15.2 Å². The number of amides is 1. The predicted molar refractivity (Wildman–Crippen MR) is 68.3 cm³/mol. The quantitative estimate of drug-likeness (QED) is 0.889. The number of rotatable bonds is 4. The predicted octanol–water partition coefficient (Wildman–Crippen LogP) is 0.810. The normalized spacial score (nSPS) is 17.8. The summed E-state index contributed by atoms with van der Waals surface area (Å²) in [6.07, 6.45) is 1.65. The molecular weight excluding hydrogens is 268 g/mol. The van der Waals surface area contributed by atoms with Gasteiger partial charge in [-0.05, 0) is 6.92 Å². The zero-order valence-electron chi connectivity index (χ0n) is 11.2. The molecule has 1 unspecified atom stereocenters. The molecule has 1 saturated heterocycles. The molecule has 1 aromatic rings. The zero-order chi connectivity index (χ0) is 14.5. The fourth-order valence-electron chi connectivity index (χ4n) is 2.10. The van der Waals surface area contributed by atoms with Crippen molar-refractivity contribution in [1.29, 1.82) is 0 Å². The topological polar surface area (TPSA) is 54.5 Å². The Balaban J connectivity index is 1.91. The van der Waals surface area contributed by atoms with Gasteiger partial charge < -0.3 is 10.1 Å². The first-order valence-corrected chi connectivity index (χ1v) is 6.48. The molecule has 110 valence electrons. The number of halogens is 2. The number of morpholine rings is 1. The summed E-state index contributed by atoms with van der Waals surface area (Å²) in [5, 5.41) is 2.55. The molecule has 0 spiro atoms. The fourth-order valence-corrected chi connectivity index (χ4v) is 2.10. The Morgan fingerprint density at radius 2 is 2.00 bits per heavy atom. The van der Waals surface area contributed by atoms with Crippen LogP contribution in [0.25, 0.3) is 0 Å². The second-order valence-electron chi connectivity index (χ2n) is 4.69. The zero-order valence-corrected chi connectivity index (χ0v) is 11.2. The van der Waals surface area contributed by atoms with Crippen molar-refractivity contribution in [3.8, 4) is 0 Å². The number of hydrogen-bond donors (Lipinski definition) is 1. The van der Waals surface area contributed by atoms with E-state index in [2.05, 4.69) is 15.2 Å². The molecular formula is C13H17F2N3O2. The Bertz CT molecular complexity index is 458. The van der Waals surface area contributed by atoms with E-state index in [0.717, 1.165) is 25.5 Å². The average molecular weight is 285 g/mol. The lowest BCUT2D eigenvalue weighted by molar-refractivity contribution is 0.0204. The summed E-state index contributed by atoms with van der Waals surface area (Å²) in [5.41, 5.74) is -0.589. The Morgan fingerprint density at radius 1 is 1.40 bits per heavy atom. The highest BCUT2D eigenvalue weighted by atomic mass is 19.1. The number of nitrogens with zero attached hydrogens (tertiary/aromatic N) is 2. The van der Waals surface area contributed by atoms with Crippen molar-refractivity contribution in [3.63, 3.8) is 0 Å². The Labute approximate surface area is 115 Å². The summed E-state index contributed by atoms with van der Waals surface area (Å²) in [5.74, 6) is -2.68. The van der Waals surface area contributed by atoms with Crippen LogP contribution in [0.15, 0.2) is 12.4 Å². The van der Waals surface area contributed by atoms with Gasteiger partial charge in [-0.2, -0.15) is 0 Å². The van der Waals surface area contributed by atoms with Gasteiger partial charge in [-0.3, -0.25) is 14.7 Å². The number of carbonyl (C=O) groups is 1. The van der Waals surface area contributed by atoms with Gasteiger partial charge in [-0.25, -0.2) is 8.78 Å². The van der Waals surface area contributed by atoms with Gasteiger partial charge in [0.1, 0.15) is 5.56 Å². The second kappa shape index (κ2) is 6.71. The largest absolute Gasteiger partial charge is 0.379 e. The van der Waals surface area contributed by atoms with E-state index >= 15 is 0 Å². The molecule has 20 heavy (non-hydrogen) atoms. The van der Waals surface area contributed by atoms with Crippen LogP contribution in [0.5, 0.6) is 0 Å². The molecule has 7 heteroatoms. The highest BCUT2D eigenvalue weighted by Crippen LogP contribution is 2.10. The van der Waals surface area contributed by atoms with E-state index in [4.69, 9.17) is 4.74 Å². The number of pyridine rings is 1. The van der Waals surface area contributed by atoms with E-state index in [1.54, 1.807) is 0 Å². The molecule has 0 radical (unpaired) electrons. The van der Waals surface area contributed by atoms with Crippen LogP contribution in [0.3, 0.4) is 0 Å². The minimum Gasteiger partial charge on any atom is -0.379 e. The van der Waals surface area contributed by atoms with Gasteiger partial charge in [0.25, 0.3) is 5.91 Å². The van der Waals surface area contributed by atoms with Crippen LogP contribution in [-0.2, 0) is 4.74 Å². The average Bonchev–Trinajstić information content (AvgIpc) is 2.45. The summed E-state index contributed by atoms with van der Waals surface area (Å²) in [6.45, 7) is 5.16. The van der Waals surface area contributed by atoms with Crippen LogP contribution in [0.4, 0.5) is 8.78 Å². The van der Waals surface area contributed by atoms with Gasteiger partial charge in [-0.15, -0.1) is 0 Å². The second-order valence-corrected chi connectivity index (χ2v) is 4.69. The number of aromatic nitrogens is 1. The standard InChI is InChI=1S/C13H17F2N3O2/c1-9(18-2-4-20-5-3-18)6-17-13(19)12-10(14)7-16-8-11(12)15/h7-9H,2-6H2,1H3,(H,17,19). The SMILES string of the molecule is CC(CNC(=O)c1c(F)cncc1F)N1CCOCC1. The van der Waals surface area contributed by atoms with Gasteiger partial charge in [-0.1, -0.05) is 0 Å². The van der Waals surface area contributed by atoms with Crippen molar-refractivity contribution in [2.75, 3.05) is 32.8 Å². The van der Waals surface area contributed by atoms with Crippen LogP contribution in [-0.4, -0.2) is 54.7 Å². The van der Waals surface area contributed by atoms with E-state index in [-0.39, 0.29) is 6.04 Å². The van der Waals surface area contributed by atoms with Crippen molar-refractivity contribution in [3.05, 3.63) is 29.6 Å². The Morgan fingerprint density at radius 3 is 2.60 bits per heavy atom. The summed E-state index contributed by atoms with van der Waals surface area (Å²) in [6, 6.07) is 0.0795. The molecule has 1 aliphatic rings. The molecule has 2 heterocycles. The fraction of sp³-hybridized carbons (Fsp3) is 0.538. The maximum absolute atomic E-state index is 13.4. The smallest absolute Gasteiger partial charge is 0.257 e. The lowest BCUT2D eigenvalue weighted by Crippen LogP contribution is -2.47. The van der Waals surface area contributed by atoms with Gasteiger partial charge >= 0.3 is 0 Å². The van der Waals surface area contributed by atoms with Gasteiger partial charge in [0, 0.05) is 25.7 Å². The first kappa shape index (κ1) is 14.8. The van der Waals surface area contributed by atoms with Crippen LogP contribution in [0.2, 0.25) is 0 Å². The maximum Gasteiger partial charge on any atom is 0.257 e. The number of nitrogens with one attached hydrogen (secondary N) is 1. The Hall–Kier alpha value is -1.60. The molecule has 5 nitrogen and oxygen atoms in total. The first-order chi connectivity index (χ1) is 9.59. The van der Waals surface area contributed by atoms with E-state index in [1.165, 1.54) is 0 Å². The molecule has 1 N–H and O–H groups in total. The lowest BCUT2D eigenvalue weighted by Gasteiger charge is -2.32. The van der Waals surface area contributed by atoms with E-state index < -0.39 is 23.1 Å². The number of carbonyl (C=O) groups excluding carboxylic acids is 1. The van der Waals surface area contributed by atoms with Crippen LogP contribution in [0, 0.1) is 11.6 Å². The highest BCUT2D eigenvalue weighted by Gasteiger charge is 2.20. The summed E-state index contributed by atoms with van der Waals surface area (Å²) in [4.78, 5) is 17.3. The van der Waals surface area contributed by atoms with Gasteiger partial charge in [0.15, 0.2) is 11.6 Å². The Kier molecular flexibility index (Phi) is 4.97. The minimum atomic E-state index is -0.957. The van der Waals surface area contributed by atoms with Crippen molar-refractivity contribution >= 4 is 5.91 Å². The molecule has 0 bridgehead atoms. The van der Waals surface area contributed by atoms with Gasteiger partial charge in [0.2, 0.25) is 0 Å². The molecule has 0 aliphatic carbocycles. The molecule has 0 aromatic carbocycles. The molecule has 1 amide bonds. The third-order valence-electron chi connectivity index (χ3n) is 3.31. The summed E-state index contributed by atoms with van der Waals surface area (Å²) >= 11 is 0. The first-order valence-electron chi connectivity index (χ1n) is 6.48. The molecule has 0 saturated carbocycles. The van der Waals surface area contributed by atoms with Crippen molar-refractivity contribution < 1.29 is 18.3 Å². The molecule has 2 rings (SSSR count). The van der Waals surface area contributed by atoms with Gasteiger partial charge in [0.05, 0.1) is 25.6 Å². The monoisotopic (exact) mass is 285 g/mol. The maximum atomic E-state index is 13.4. The van der Waals surface area contributed by atoms with Crippen LogP contribution in [0.1, 0.15) is 17.3 Å². The molecule has 1 fully saturated rings. The van der Waals surface area contributed by atoms with Crippen LogP contribution < -0.4 is 5.32 Å². The molecule has 1 aliphatic heterocycles. The van der Waals surface area contributed by atoms with E-state index in [9.17, 15) is 13.6 Å². The van der Waals surface area contributed by atoms with E-state index in [1.807, 2.05) is 6.92 Å². The third-order valence-corrected chi connectivity index (χ3v) is 3.31. The van der Waals surface area contributed by atoms with Crippen molar-refractivity contribution in [2.24, 2.45) is 0 Å². The third kappa shape index (κ3) is 3.49. The molecule has 1 aromatic heterocycles. The van der Waals surface area contributed by atoms with Crippen molar-refractivity contribution in [2.45, 2.75) is 13.0 Å². The summed E-state index contributed by atoms with van der Waals surface area (Å²) < 4.78 is 32.0. The highest BCUT2D eigenvalue weighted by molar-refractivity contribution is 5.94. The number of hydrogen-bond acceptors (Lipinski definition) is 4. The summed E-state index contributed by atoms with van der Waals surface area (Å²) in [7, 11) is 0. The lowest BCUT2D eigenvalue weighted by atomic mass is 10.2. The van der Waals surface area contributed by atoms with Crippen LogP contribution >= 0.6 is 0 Å². The van der Waals surface area contributed by atoms with E-state index in [0.29, 0.717) is 19.8 Å². The molecule has 1 atom stereocenters. The minimum absolute atomic E-state index is 0.0795. The number of ether oxygens (including phenoxy) is 1.